The third-order valence-corrected chi connectivity index (χ3v) is 3.57. The van der Waals surface area contributed by atoms with Crippen LogP contribution in [0.4, 0.5) is 10.5 Å². The van der Waals surface area contributed by atoms with E-state index in [9.17, 15) is 14.4 Å². The molecule has 0 aliphatic carbocycles. The van der Waals surface area contributed by atoms with Gasteiger partial charge in [0.05, 0.1) is 0 Å². The summed E-state index contributed by atoms with van der Waals surface area (Å²) < 4.78 is 0. The molecule has 0 radical (unpaired) electrons. The van der Waals surface area contributed by atoms with E-state index in [1.54, 1.807) is 29.2 Å². The van der Waals surface area contributed by atoms with Gasteiger partial charge in [-0.1, -0.05) is 0 Å². The van der Waals surface area contributed by atoms with E-state index >= 15 is 0 Å². The van der Waals surface area contributed by atoms with Crippen LogP contribution in [0.2, 0.25) is 0 Å². The van der Waals surface area contributed by atoms with Gasteiger partial charge < -0.3 is 20.9 Å². The SMILES string of the molecule is CCN(CC)C(=O)CCNC(=O)c1ccc(NC(=O)NC(C)C)cc1. The van der Waals surface area contributed by atoms with Crippen LogP contribution in [-0.4, -0.2) is 48.4 Å². The fraction of sp³-hybridized carbons (Fsp3) is 0.500. The fourth-order valence-electron chi connectivity index (χ4n) is 2.25. The van der Waals surface area contributed by atoms with Gasteiger partial charge in [-0.25, -0.2) is 4.79 Å². The minimum absolute atomic E-state index is 0.0287. The molecule has 0 spiro atoms. The molecule has 0 aliphatic heterocycles. The molecule has 138 valence electrons. The summed E-state index contributed by atoms with van der Waals surface area (Å²) in [6.45, 7) is 9.24. The Hall–Kier alpha value is -2.57. The summed E-state index contributed by atoms with van der Waals surface area (Å²) in [6.07, 6.45) is 0.280. The van der Waals surface area contributed by atoms with E-state index in [4.69, 9.17) is 0 Å². The maximum Gasteiger partial charge on any atom is 0.319 e. The summed E-state index contributed by atoms with van der Waals surface area (Å²) in [6, 6.07) is 6.34. The van der Waals surface area contributed by atoms with Crippen molar-refractivity contribution in [3.8, 4) is 0 Å². The number of nitrogens with zero attached hydrogens (tertiary/aromatic N) is 1. The number of hydrogen-bond donors (Lipinski definition) is 3. The first kappa shape index (κ1) is 20.5. The summed E-state index contributed by atoms with van der Waals surface area (Å²) in [5.41, 5.74) is 1.08. The second-order valence-electron chi connectivity index (χ2n) is 5.90. The van der Waals surface area contributed by atoms with Crippen LogP contribution in [0.5, 0.6) is 0 Å². The number of carbonyl (C=O) groups is 3. The van der Waals surface area contributed by atoms with E-state index in [2.05, 4.69) is 16.0 Å². The predicted molar refractivity (Wildman–Crippen MR) is 98.6 cm³/mol. The number of carbonyl (C=O) groups excluding carboxylic acids is 3. The van der Waals surface area contributed by atoms with Crippen LogP contribution in [0.25, 0.3) is 0 Å². The molecule has 0 fully saturated rings. The van der Waals surface area contributed by atoms with E-state index in [-0.39, 0.29) is 30.3 Å². The zero-order valence-electron chi connectivity index (χ0n) is 15.4. The monoisotopic (exact) mass is 348 g/mol. The van der Waals surface area contributed by atoms with Gasteiger partial charge in [0.25, 0.3) is 5.91 Å². The average molecular weight is 348 g/mol. The summed E-state index contributed by atoms with van der Waals surface area (Å²) in [4.78, 5) is 37.3. The van der Waals surface area contributed by atoms with Gasteiger partial charge in [-0.2, -0.15) is 0 Å². The van der Waals surface area contributed by atoms with E-state index < -0.39 is 0 Å². The van der Waals surface area contributed by atoms with Crippen molar-refractivity contribution < 1.29 is 14.4 Å². The van der Waals surface area contributed by atoms with Crippen LogP contribution < -0.4 is 16.0 Å². The van der Waals surface area contributed by atoms with Crippen molar-refractivity contribution in [3.05, 3.63) is 29.8 Å². The van der Waals surface area contributed by atoms with Crippen molar-refractivity contribution in [2.45, 2.75) is 40.2 Å². The van der Waals surface area contributed by atoms with Gasteiger partial charge >= 0.3 is 6.03 Å². The fourth-order valence-corrected chi connectivity index (χ4v) is 2.25. The molecule has 0 saturated carbocycles. The molecule has 0 bridgehead atoms. The molecule has 0 aromatic heterocycles. The molecular weight excluding hydrogens is 320 g/mol. The first-order valence-corrected chi connectivity index (χ1v) is 8.60. The van der Waals surface area contributed by atoms with Crippen LogP contribution >= 0.6 is 0 Å². The molecule has 1 rings (SSSR count). The van der Waals surface area contributed by atoms with Crippen LogP contribution in [0.1, 0.15) is 44.5 Å². The molecule has 0 atom stereocenters. The van der Waals surface area contributed by atoms with Crippen LogP contribution in [0.15, 0.2) is 24.3 Å². The van der Waals surface area contributed by atoms with Gasteiger partial charge in [0.2, 0.25) is 5.91 Å². The highest BCUT2D eigenvalue weighted by molar-refractivity contribution is 5.95. The van der Waals surface area contributed by atoms with Crippen LogP contribution in [0, 0.1) is 0 Å². The summed E-state index contributed by atoms with van der Waals surface area (Å²) >= 11 is 0. The van der Waals surface area contributed by atoms with Gasteiger partial charge in [-0.3, -0.25) is 9.59 Å². The highest BCUT2D eigenvalue weighted by Crippen LogP contribution is 2.09. The second kappa shape index (κ2) is 10.3. The molecule has 7 nitrogen and oxygen atoms in total. The van der Waals surface area contributed by atoms with Gasteiger partial charge in [0.1, 0.15) is 0 Å². The number of anilines is 1. The summed E-state index contributed by atoms with van der Waals surface area (Å²) in [5, 5.41) is 8.14. The van der Waals surface area contributed by atoms with Crippen molar-refractivity contribution in [2.75, 3.05) is 25.0 Å². The van der Waals surface area contributed by atoms with Gasteiger partial charge in [-0.15, -0.1) is 0 Å². The van der Waals surface area contributed by atoms with Gasteiger partial charge in [0.15, 0.2) is 0 Å². The lowest BCUT2D eigenvalue weighted by molar-refractivity contribution is -0.130. The van der Waals surface area contributed by atoms with Crippen molar-refractivity contribution in [3.63, 3.8) is 0 Å². The molecule has 1 aromatic rings. The molecule has 0 aliphatic rings. The Morgan fingerprint density at radius 1 is 1.04 bits per heavy atom. The number of amides is 4. The minimum Gasteiger partial charge on any atom is -0.352 e. The first-order valence-electron chi connectivity index (χ1n) is 8.60. The zero-order chi connectivity index (χ0) is 18.8. The Balaban J connectivity index is 2.46. The highest BCUT2D eigenvalue weighted by atomic mass is 16.2. The Morgan fingerprint density at radius 3 is 2.16 bits per heavy atom. The molecular formula is C18H28N4O3. The lowest BCUT2D eigenvalue weighted by Gasteiger charge is -2.18. The van der Waals surface area contributed by atoms with Gasteiger partial charge in [-0.05, 0) is 52.0 Å². The zero-order valence-corrected chi connectivity index (χ0v) is 15.4. The molecule has 1 aromatic carbocycles. The summed E-state index contributed by atoms with van der Waals surface area (Å²) in [7, 11) is 0. The minimum atomic E-state index is -0.290. The number of nitrogens with one attached hydrogen (secondary N) is 3. The normalized spacial score (nSPS) is 10.3. The number of rotatable bonds is 8. The molecule has 7 heteroatoms. The van der Waals surface area contributed by atoms with E-state index in [0.29, 0.717) is 30.9 Å². The maximum atomic E-state index is 12.1. The average Bonchev–Trinajstić information content (AvgIpc) is 2.55. The van der Waals surface area contributed by atoms with Crippen LogP contribution in [-0.2, 0) is 4.79 Å². The Labute approximate surface area is 149 Å². The highest BCUT2D eigenvalue weighted by Gasteiger charge is 2.11. The van der Waals surface area contributed by atoms with E-state index in [1.807, 2.05) is 27.7 Å². The lowest BCUT2D eigenvalue weighted by Crippen LogP contribution is -2.34. The van der Waals surface area contributed by atoms with Crippen LogP contribution in [0.3, 0.4) is 0 Å². The van der Waals surface area contributed by atoms with E-state index in [0.717, 1.165) is 0 Å². The molecule has 3 N–H and O–H groups in total. The molecule has 25 heavy (non-hydrogen) atoms. The molecule has 0 saturated heterocycles. The molecule has 0 heterocycles. The second-order valence-corrected chi connectivity index (χ2v) is 5.90. The van der Waals surface area contributed by atoms with Crippen molar-refractivity contribution >= 4 is 23.5 Å². The third kappa shape index (κ3) is 7.24. The summed E-state index contributed by atoms with van der Waals surface area (Å²) in [5.74, 6) is -0.216. The maximum absolute atomic E-state index is 12.1. The Bertz CT molecular complexity index is 580. The smallest absolute Gasteiger partial charge is 0.319 e. The number of benzene rings is 1. The molecule has 0 unspecified atom stereocenters. The Kier molecular flexibility index (Phi) is 8.46. The predicted octanol–water partition coefficient (Wildman–Crippen LogP) is 2.20. The van der Waals surface area contributed by atoms with Crippen molar-refractivity contribution in [2.24, 2.45) is 0 Å². The number of hydrogen-bond acceptors (Lipinski definition) is 3. The first-order chi connectivity index (χ1) is 11.9. The van der Waals surface area contributed by atoms with Crippen molar-refractivity contribution in [1.82, 2.24) is 15.5 Å². The van der Waals surface area contributed by atoms with Crippen molar-refractivity contribution in [1.29, 1.82) is 0 Å². The molecule has 4 amide bonds. The Morgan fingerprint density at radius 2 is 1.64 bits per heavy atom. The number of urea groups is 1. The topological polar surface area (TPSA) is 90.5 Å². The van der Waals surface area contributed by atoms with E-state index in [1.165, 1.54) is 0 Å². The van der Waals surface area contributed by atoms with Gasteiger partial charge in [0, 0.05) is 43.3 Å². The largest absolute Gasteiger partial charge is 0.352 e. The quantitative estimate of drug-likeness (QED) is 0.673. The lowest BCUT2D eigenvalue weighted by atomic mass is 10.2. The standard InChI is InChI=1S/C18H28N4O3/c1-5-22(6-2)16(23)11-12-19-17(24)14-7-9-15(10-8-14)21-18(25)20-13(3)4/h7-10,13H,5-6,11-12H2,1-4H3,(H,19,24)(H2,20,21,25). The third-order valence-electron chi connectivity index (χ3n) is 3.57.